The minimum Gasteiger partial charge on any atom is -0.341 e. The van der Waals surface area contributed by atoms with Crippen molar-refractivity contribution in [2.75, 3.05) is 20.1 Å². The maximum atomic E-state index is 12.7. The van der Waals surface area contributed by atoms with Crippen LogP contribution in [0.2, 0.25) is 5.02 Å². The third-order valence-corrected chi connectivity index (χ3v) is 8.33. The standard InChI is InChI=1S/C19H23ClN2O3S2/c1-21(14-15-5-7-16(20)8-6-15)18(23)13-17-9-10-19(26-17)27(24,25)22-11-3-2-4-12-22/h5-10H,2-4,11-14H2,1H3. The third-order valence-electron chi connectivity index (χ3n) is 4.63. The Hall–Kier alpha value is -1.41. The van der Waals surface area contributed by atoms with Crippen LogP contribution in [-0.2, 0) is 27.8 Å². The van der Waals surface area contributed by atoms with Crippen molar-refractivity contribution in [2.24, 2.45) is 0 Å². The lowest BCUT2D eigenvalue weighted by Crippen LogP contribution is -2.35. The second-order valence-corrected chi connectivity index (χ2v) is 10.5. The molecule has 8 heteroatoms. The molecule has 3 rings (SSSR count). The summed E-state index contributed by atoms with van der Waals surface area (Å²) >= 11 is 7.07. The zero-order valence-electron chi connectivity index (χ0n) is 15.2. The number of piperidine rings is 1. The van der Waals surface area contributed by atoms with Crippen LogP contribution < -0.4 is 0 Å². The van der Waals surface area contributed by atoms with Gasteiger partial charge in [-0.2, -0.15) is 4.31 Å². The first kappa shape index (κ1) is 20.3. The normalized spacial score (nSPS) is 15.6. The molecule has 1 aliphatic rings. The molecule has 0 radical (unpaired) electrons. The Morgan fingerprint density at radius 1 is 1.11 bits per heavy atom. The van der Waals surface area contributed by atoms with Crippen molar-refractivity contribution in [1.29, 1.82) is 0 Å². The Morgan fingerprint density at radius 3 is 2.44 bits per heavy atom. The number of rotatable bonds is 6. The van der Waals surface area contributed by atoms with Crippen molar-refractivity contribution in [3.8, 4) is 0 Å². The van der Waals surface area contributed by atoms with E-state index in [4.69, 9.17) is 11.6 Å². The van der Waals surface area contributed by atoms with Crippen molar-refractivity contribution in [1.82, 2.24) is 9.21 Å². The number of amides is 1. The number of carbonyl (C=O) groups is 1. The Balaban J connectivity index is 1.62. The van der Waals surface area contributed by atoms with Gasteiger partial charge < -0.3 is 4.90 Å². The van der Waals surface area contributed by atoms with Gasteiger partial charge in [0.1, 0.15) is 4.21 Å². The van der Waals surface area contributed by atoms with Gasteiger partial charge in [-0.25, -0.2) is 8.42 Å². The Labute approximate surface area is 169 Å². The molecule has 0 aliphatic carbocycles. The highest BCUT2D eigenvalue weighted by atomic mass is 35.5. The zero-order valence-corrected chi connectivity index (χ0v) is 17.6. The quantitative estimate of drug-likeness (QED) is 0.706. The van der Waals surface area contributed by atoms with Crippen LogP contribution in [0.25, 0.3) is 0 Å². The molecule has 0 saturated carbocycles. The van der Waals surface area contributed by atoms with Crippen LogP contribution in [0.3, 0.4) is 0 Å². The van der Waals surface area contributed by atoms with Gasteiger partial charge in [-0.3, -0.25) is 4.79 Å². The van der Waals surface area contributed by atoms with Gasteiger partial charge in [0.2, 0.25) is 5.91 Å². The average molecular weight is 427 g/mol. The highest BCUT2D eigenvalue weighted by Crippen LogP contribution is 2.27. The van der Waals surface area contributed by atoms with E-state index in [2.05, 4.69) is 0 Å². The van der Waals surface area contributed by atoms with Crippen LogP contribution in [-0.4, -0.2) is 43.7 Å². The maximum absolute atomic E-state index is 12.7. The summed E-state index contributed by atoms with van der Waals surface area (Å²) in [6.45, 7) is 1.65. The predicted octanol–water partition coefficient (Wildman–Crippen LogP) is 3.78. The largest absolute Gasteiger partial charge is 0.341 e. The molecule has 0 unspecified atom stereocenters. The van der Waals surface area contributed by atoms with Crippen LogP contribution >= 0.6 is 22.9 Å². The summed E-state index contributed by atoms with van der Waals surface area (Å²) in [5.41, 5.74) is 0.995. The molecule has 1 aromatic heterocycles. The maximum Gasteiger partial charge on any atom is 0.252 e. The Bertz CT molecular complexity index is 888. The first-order valence-corrected chi connectivity index (χ1v) is 11.6. The monoisotopic (exact) mass is 426 g/mol. The van der Waals surface area contributed by atoms with Crippen molar-refractivity contribution in [2.45, 2.75) is 36.4 Å². The van der Waals surface area contributed by atoms with Crippen molar-refractivity contribution in [3.63, 3.8) is 0 Å². The summed E-state index contributed by atoms with van der Waals surface area (Å²) in [4.78, 5) is 14.9. The van der Waals surface area contributed by atoms with E-state index in [1.165, 1.54) is 11.3 Å². The van der Waals surface area contributed by atoms with Crippen LogP contribution in [0.5, 0.6) is 0 Å². The van der Waals surface area contributed by atoms with Gasteiger partial charge in [-0.15, -0.1) is 11.3 Å². The van der Waals surface area contributed by atoms with Crippen LogP contribution in [0.1, 0.15) is 29.7 Å². The van der Waals surface area contributed by atoms with Crippen LogP contribution in [0.15, 0.2) is 40.6 Å². The van der Waals surface area contributed by atoms with Gasteiger partial charge in [0, 0.05) is 36.6 Å². The van der Waals surface area contributed by atoms with Gasteiger partial charge in [-0.05, 0) is 42.7 Å². The number of carbonyl (C=O) groups excluding carboxylic acids is 1. The molecule has 146 valence electrons. The van der Waals surface area contributed by atoms with E-state index in [-0.39, 0.29) is 12.3 Å². The molecule has 1 aromatic carbocycles. The van der Waals surface area contributed by atoms with E-state index in [9.17, 15) is 13.2 Å². The number of sulfonamides is 1. The highest BCUT2D eigenvalue weighted by molar-refractivity contribution is 7.91. The topological polar surface area (TPSA) is 57.7 Å². The minimum absolute atomic E-state index is 0.0475. The van der Waals surface area contributed by atoms with E-state index < -0.39 is 10.0 Å². The van der Waals surface area contributed by atoms with Crippen molar-refractivity contribution >= 4 is 38.9 Å². The molecule has 1 aliphatic heterocycles. The fourth-order valence-electron chi connectivity index (χ4n) is 3.06. The summed E-state index contributed by atoms with van der Waals surface area (Å²) in [7, 11) is -1.69. The Morgan fingerprint density at radius 2 is 1.78 bits per heavy atom. The summed E-state index contributed by atoms with van der Waals surface area (Å²) < 4.78 is 27.3. The molecular formula is C19H23ClN2O3S2. The van der Waals surface area contributed by atoms with E-state index in [1.807, 2.05) is 12.1 Å². The average Bonchev–Trinajstić information content (AvgIpc) is 3.13. The fourth-order valence-corrected chi connectivity index (χ4v) is 6.20. The Kier molecular flexibility index (Phi) is 6.57. The van der Waals surface area contributed by atoms with Gasteiger partial charge in [0.25, 0.3) is 10.0 Å². The number of halogens is 1. The number of thiophene rings is 1. The molecule has 0 bridgehead atoms. The van der Waals surface area contributed by atoms with Crippen LogP contribution in [0, 0.1) is 0 Å². The SMILES string of the molecule is CN(Cc1ccc(Cl)cc1)C(=O)Cc1ccc(S(=O)(=O)N2CCCCC2)s1. The molecule has 1 saturated heterocycles. The third kappa shape index (κ3) is 5.10. The first-order valence-electron chi connectivity index (χ1n) is 8.93. The lowest BCUT2D eigenvalue weighted by atomic mass is 10.2. The zero-order chi connectivity index (χ0) is 19.4. The molecule has 0 N–H and O–H groups in total. The summed E-state index contributed by atoms with van der Waals surface area (Å²) in [5.74, 6) is -0.0475. The minimum atomic E-state index is -3.44. The predicted molar refractivity (Wildman–Crippen MR) is 109 cm³/mol. The highest BCUT2D eigenvalue weighted by Gasteiger charge is 2.27. The molecule has 2 heterocycles. The molecule has 2 aromatic rings. The van der Waals surface area contributed by atoms with Gasteiger partial charge in [0.15, 0.2) is 0 Å². The van der Waals surface area contributed by atoms with Gasteiger partial charge in [-0.1, -0.05) is 30.2 Å². The smallest absolute Gasteiger partial charge is 0.252 e. The number of likely N-dealkylation sites (N-methyl/N-ethyl adjacent to an activating group) is 1. The second kappa shape index (κ2) is 8.73. The number of hydrogen-bond donors (Lipinski definition) is 0. The molecule has 27 heavy (non-hydrogen) atoms. The second-order valence-electron chi connectivity index (χ2n) is 6.74. The van der Waals surface area contributed by atoms with E-state index in [0.717, 1.165) is 29.7 Å². The summed E-state index contributed by atoms with van der Waals surface area (Å²) in [6, 6.07) is 10.7. The lowest BCUT2D eigenvalue weighted by molar-refractivity contribution is -0.129. The fraction of sp³-hybridized carbons (Fsp3) is 0.421. The molecule has 5 nitrogen and oxygen atoms in total. The van der Waals surface area contributed by atoms with E-state index >= 15 is 0 Å². The molecule has 1 fully saturated rings. The molecule has 0 atom stereocenters. The number of benzene rings is 1. The van der Waals surface area contributed by atoms with Gasteiger partial charge in [0.05, 0.1) is 6.42 Å². The van der Waals surface area contributed by atoms with E-state index in [0.29, 0.717) is 28.9 Å². The first-order chi connectivity index (χ1) is 12.9. The molecule has 0 spiro atoms. The summed E-state index contributed by atoms with van der Waals surface area (Å²) in [6.07, 6.45) is 3.09. The number of nitrogens with zero attached hydrogens (tertiary/aromatic N) is 2. The van der Waals surface area contributed by atoms with E-state index in [1.54, 1.807) is 40.5 Å². The van der Waals surface area contributed by atoms with Crippen molar-refractivity contribution in [3.05, 3.63) is 51.9 Å². The lowest BCUT2D eigenvalue weighted by Gasteiger charge is -2.25. The van der Waals surface area contributed by atoms with Crippen LogP contribution in [0.4, 0.5) is 0 Å². The van der Waals surface area contributed by atoms with Crippen molar-refractivity contribution < 1.29 is 13.2 Å². The van der Waals surface area contributed by atoms with Gasteiger partial charge >= 0.3 is 0 Å². The summed E-state index contributed by atoms with van der Waals surface area (Å²) in [5, 5.41) is 0.661. The molecule has 1 amide bonds. The number of hydrogen-bond acceptors (Lipinski definition) is 4. The molecular weight excluding hydrogens is 404 g/mol.